The number of hydrogen-bond donors (Lipinski definition) is 1. The molecule has 1 N–H and O–H groups in total. The first-order valence-electron chi connectivity index (χ1n) is 9.79. The number of carbonyl (C=O) groups excluding carboxylic acids is 1. The van der Waals surface area contributed by atoms with Crippen LogP contribution < -0.4 is 14.8 Å². The van der Waals surface area contributed by atoms with Crippen LogP contribution in [0.25, 0.3) is 10.6 Å². The van der Waals surface area contributed by atoms with Crippen molar-refractivity contribution in [2.75, 3.05) is 13.2 Å². The summed E-state index contributed by atoms with van der Waals surface area (Å²) < 4.78 is 11.3. The number of ether oxygens (including phenoxy) is 2. The van der Waals surface area contributed by atoms with Crippen molar-refractivity contribution in [3.63, 3.8) is 0 Å². The summed E-state index contributed by atoms with van der Waals surface area (Å²) in [5.41, 5.74) is 2.87. The average Bonchev–Trinajstić information content (AvgIpc) is 3.20. The van der Waals surface area contributed by atoms with E-state index in [1.165, 1.54) is 0 Å². The molecule has 4 rings (SSSR count). The number of thiazole rings is 1. The number of aromatic nitrogens is 1. The topological polar surface area (TPSA) is 60.5 Å². The first kappa shape index (κ1) is 19.5. The van der Waals surface area contributed by atoms with Crippen LogP contribution in [0.5, 0.6) is 11.5 Å². The Morgan fingerprint density at radius 3 is 2.62 bits per heavy atom. The van der Waals surface area contributed by atoms with Crippen LogP contribution in [-0.4, -0.2) is 24.1 Å². The van der Waals surface area contributed by atoms with Crippen molar-refractivity contribution in [1.82, 2.24) is 10.3 Å². The molecule has 3 aromatic rings. The number of nitrogens with zero attached hydrogens (tertiary/aromatic N) is 1. The van der Waals surface area contributed by atoms with E-state index in [-0.39, 0.29) is 24.3 Å². The molecule has 5 nitrogen and oxygen atoms in total. The molecule has 2 heterocycles. The molecule has 0 bridgehead atoms. The zero-order chi connectivity index (χ0) is 20.2. The molecule has 0 spiro atoms. The SMILES string of the molecule is CC(C)C(NC(=O)Cc1csc(-c2ccccc2)n1)c1ccc2c(c1)OCCO2. The molecule has 1 aliphatic rings. The highest BCUT2D eigenvalue weighted by Gasteiger charge is 2.22. The van der Waals surface area contributed by atoms with Gasteiger partial charge in [0.2, 0.25) is 5.91 Å². The Balaban J connectivity index is 1.45. The highest BCUT2D eigenvalue weighted by Crippen LogP contribution is 2.34. The smallest absolute Gasteiger partial charge is 0.226 e. The molecule has 29 heavy (non-hydrogen) atoms. The second-order valence-electron chi connectivity index (χ2n) is 7.38. The maximum Gasteiger partial charge on any atom is 0.226 e. The van der Waals surface area contributed by atoms with Crippen molar-refractivity contribution < 1.29 is 14.3 Å². The molecule has 1 atom stereocenters. The lowest BCUT2D eigenvalue weighted by atomic mass is 9.95. The fraction of sp³-hybridized carbons (Fsp3) is 0.304. The molecule has 150 valence electrons. The van der Waals surface area contributed by atoms with Crippen LogP contribution >= 0.6 is 11.3 Å². The number of carbonyl (C=O) groups is 1. The van der Waals surface area contributed by atoms with Gasteiger partial charge in [0.25, 0.3) is 0 Å². The molecule has 0 saturated carbocycles. The van der Waals surface area contributed by atoms with Gasteiger partial charge in [0.05, 0.1) is 18.2 Å². The second-order valence-corrected chi connectivity index (χ2v) is 8.24. The van der Waals surface area contributed by atoms with Crippen LogP contribution in [0.15, 0.2) is 53.9 Å². The van der Waals surface area contributed by atoms with Gasteiger partial charge in [-0.3, -0.25) is 4.79 Å². The summed E-state index contributed by atoms with van der Waals surface area (Å²) >= 11 is 1.56. The van der Waals surface area contributed by atoms with Gasteiger partial charge in [0.1, 0.15) is 18.2 Å². The lowest BCUT2D eigenvalue weighted by Gasteiger charge is -2.25. The van der Waals surface area contributed by atoms with Gasteiger partial charge in [0.15, 0.2) is 11.5 Å². The van der Waals surface area contributed by atoms with E-state index in [4.69, 9.17) is 9.47 Å². The molecule has 6 heteroatoms. The molecule has 1 aromatic heterocycles. The van der Waals surface area contributed by atoms with Crippen molar-refractivity contribution in [1.29, 1.82) is 0 Å². The van der Waals surface area contributed by atoms with E-state index in [9.17, 15) is 4.79 Å². The lowest BCUT2D eigenvalue weighted by molar-refractivity contribution is -0.121. The Kier molecular flexibility index (Phi) is 5.81. The molecule has 1 amide bonds. The van der Waals surface area contributed by atoms with Crippen LogP contribution in [-0.2, 0) is 11.2 Å². The second kappa shape index (κ2) is 8.66. The molecule has 0 fully saturated rings. The van der Waals surface area contributed by atoms with Gasteiger partial charge >= 0.3 is 0 Å². The van der Waals surface area contributed by atoms with E-state index in [0.29, 0.717) is 13.2 Å². The van der Waals surface area contributed by atoms with Crippen molar-refractivity contribution in [2.45, 2.75) is 26.3 Å². The Hall–Kier alpha value is -2.86. The minimum Gasteiger partial charge on any atom is -0.486 e. The standard InChI is InChI=1S/C23H24N2O3S/c1-15(2)22(17-8-9-19-20(12-17)28-11-10-27-19)25-21(26)13-18-14-29-23(24-18)16-6-4-3-5-7-16/h3-9,12,14-15,22H,10-11,13H2,1-2H3,(H,25,26). The van der Waals surface area contributed by atoms with Crippen molar-refractivity contribution in [2.24, 2.45) is 5.92 Å². The van der Waals surface area contributed by atoms with E-state index in [2.05, 4.69) is 24.1 Å². The molecule has 0 radical (unpaired) electrons. The third-order valence-corrected chi connectivity index (χ3v) is 5.76. The van der Waals surface area contributed by atoms with Crippen LogP contribution in [0, 0.1) is 5.92 Å². The summed E-state index contributed by atoms with van der Waals surface area (Å²) in [7, 11) is 0. The van der Waals surface area contributed by atoms with Crippen LogP contribution in [0.2, 0.25) is 0 Å². The van der Waals surface area contributed by atoms with Gasteiger partial charge in [0, 0.05) is 10.9 Å². The summed E-state index contributed by atoms with van der Waals surface area (Å²) in [6, 6.07) is 15.8. The number of hydrogen-bond acceptors (Lipinski definition) is 5. The molecular weight excluding hydrogens is 384 g/mol. The van der Waals surface area contributed by atoms with Crippen molar-refractivity contribution in [3.8, 4) is 22.1 Å². The first-order valence-corrected chi connectivity index (χ1v) is 10.7. The molecule has 1 unspecified atom stereocenters. The van der Waals surface area contributed by atoms with Gasteiger partial charge in [-0.2, -0.15) is 0 Å². The number of fused-ring (bicyclic) bond motifs is 1. The van der Waals surface area contributed by atoms with E-state index in [1.807, 2.05) is 53.9 Å². The summed E-state index contributed by atoms with van der Waals surface area (Å²) in [4.78, 5) is 17.4. The molecule has 1 aliphatic heterocycles. The van der Waals surface area contributed by atoms with E-state index >= 15 is 0 Å². The van der Waals surface area contributed by atoms with Crippen LogP contribution in [0.1, 0.15) is 31.1 Å². The van der Waals surface area contributed by atoms with Crippen molar-refractivity contribution in [3.05, 3.63) is 65.2 Å². The highest BCUT2D eigenvalue weighted by atomic mass is 32.1. The van der Waals surface area contributed by atoms with Crippen molar-refractivity contribution >= 4 is 17.2 Å². The maximum atomic E-state index is 12.7. The highest BCUT2D eigenvalue weighted by molar-refractivity contribution is 7.13. The Bertz CT molecular complexity index is 985. The maximum absolute atomic E-state index is 12.7. The molecule has 0 aliphatic carbocycles. The Morgan fingerprint density at radius 1 is 1.10 bits per heavy atom. The Morgan fingerprint density at radius 2 is 1.86 bits per heavy atom. The van der Waals surface area contributed by atoms with E-state index < -0.39 is 0 Å². The van der Waals surface area contributed by atoms with Gasteiger partial charge < -0.3 is 14.8 Å². The molecular formula is C23H24N2O3S. The number of rotatable bonds is 6. The average molecular weight is 409 g/mol. The number of benzene rings is 2. The van der Waals surface area contributed by atoms with Gasteiger partial charge in [-0.1, -0.05) is 50.2 Å². The number of amides is 1. The summed E-state index contributed by atoms with van der Waals surface area (Å²) in [6.45, 7) is 5.30. The van der Waals surface area contributed by atoms with E-state index in [0.717, 1.165) is 33.3 Å². The summed E-state index contributed by atoms with van der Waals surface area (Å²) in [6.07, 6.45) is 0.261. The Labute approximate surface area is 174 Å². The minimum absolute atomic E-state index is 0.0384. The van der Waals surface area contributed by atoms with Gasteiger partial charge in [-0.15, -0.1) is 11.3 Å². The van der Waals surface area contributed by atoms with Crippen LogP contribution in [0.4, 0.5) is 0 Å². The van der Waals surface area contributed by atoms with E-state index in [1.54, 1.807) is 11.3 Å². The fourth-order valence-electron chi connectivity index (χ4n) is 3.38. The largest absolute Gasteiger partial charge is 0.486 e. The molecule has 0 saturated heterocycles. The third-order valence-electron chi connectivity index (χ3n) is 4.82. The zero-order valence-electron chi connectivity index (χ0n) is 16.6. The predicted molar refractivity (Wildman–Crippen MR) is 114 cm³/mol. The third kappa shape index (κ3) is 4.59. The van der Waals surface area contributed by atoms with Gasteiger partial charge in [-0.25, -0.2) is 4.98 Å². The number of nitrogens with one attached hydrogen (secondary N) is 1. The molecule has 2 aromatic carbocycles. The normalized spacial score (nSPS) is 13.9. The quantitative estimate of drug-likeness (QED) is 0.646. The first-order chi connectivity index (χ1) is 14.1. The van der Waals surface area contributed by atoms with Crippen LogP contribution in [0.3, 0.4) is 0 Å². The zero-order valence-corrected chi connectivity index (χ0v) is 17.4. The fourth-order valence-corrected chi connectivity index (χ4v) is 4.20. The summed E-state index contributed by atoms with van der Waals surface area (Å²) in [5, 5.41) is 6.05. The monoisotopic (exact) mass is 408 g/mol. The lowest BCUT2D eigenvalue weighted by Crippen LogP contribution is -2.33. The summed E-state index contributed by atoms with van der Waals surface area (Å²) in [5.74, 6) is 1.69. The predicted octanol–water partition coefficient (Wildman–Crippen LogP) is 4.64. The minimum atomic E-state index is -0.106. The van der Waals surface area contributed by atoms with Gasteiger partial charge in [-0.05, 0) is 23.6 Å².